The first kappa shape index (κ1) is 12.5. The fourth-order valence-electron chi connectivity index (χ4n) is 1.35. The Morgan fingerprint density at radius 3 is 2.89 bits per heavy atom. The molecule has 0 aromatic carbocycles. The second kappa shape index (κ2) is 5.13. The fraction of sp³-hybridized carbons (Fsp3) is 0.300. The molecule has 0 radical (unpaired) electrons. The third-order valence-corrected chi connectivity index (χ3v) is 3.23. The minimum absolute atomic E-state index is 0.0749. The van der Waals surface area contributed by atoms with E-state index < -0.39 is 5.97 Å². The number of nitrogens with two attached hydrogens (primary N) is 1. The van der Waals surface area contributed by atoms with Gasteiger partial charge in [0.1, 0.15) is 5.76 Å². The Balaban J connectivity index is 2.02. The number of rotatable bonds is 5. The lowest BCUT2D eigenvalue weighted by Gasteiger charge is -2.00. The molecule has 2 heterocycles. The number of carboxylic acids is 1. The van der Waals surface area contributed by atoms with Crippen molar-refractivity contribution in [3.05, 3.63) is 29.5 Å². The summed E-state index contributed by atoms with van der Waals surface area (Å²) in [6.07, 6.45) is 0.702. The van der Waals surface area contributed by atoms with Crippen molar-refractivity contribution in [1.29, 1.82) is 0 Å². The van der Waals surface area contributed by atoms with Crippen molar-refractivity contribution in [2.24, 2.45) is 0 Å². The molecule has 7 nitrogen and oxygen atoms in total. The van der Waals surface area contributed by atoms with Crippen LogP contribution in [0.1, 0.15) is 29.1 Å². The van der Waals surface area contributed by atoms with E-state index in [4.69, 9.17) is 15.4 Å². The molecule has 0 aliphatic heterocycles. The number of hydrogen-bond acceptors (Lipinski definition) is 6. The zero-order valence-electron chi connectivity index (χ0n) is 9.66. The molecule has 18 heavy (non-hydrogen) atoms. The second-order valence-corrected chi connectivity index (χ2v) is 4.42. The first-order chi connectivity index (χ1) is 8.61. The van der Waals surface area contributed by atoms with Gasteiger partial charge in [-0.2, -0.15) is 0 Å². The molecule has 0 atom stereocenters. The molecule has 96 valence electrons. The Hall–Kier alpha value is -1.96. The number of aryl methyl sites for hydroxylation is 1. The van der Waals surface area contributed by atoms with Crippen molar-refractivity contribution < 1.29 is 14.3 Å². The largest absolute Gasteiger partial charge is 0.475 e. The van der Waals surface area contributed by atoms with Gasteiger partial charge in [-0.15, -0.1) is 10.2 Å². The summed E-state index contributed by atoms with van der Waals surface area (Å²) >= 11 is 1.34. The normalized spacial score (nSPS) is 10.7. The number of hydrogen-bond donors (Lipinski definition) is 2. The number of carboxylic acid groups (broad SMARTS) is 1. The summed E-state index contributed by atoms with van der Waals surface area (Å²) in [6, 6.07) is 3.04. The van der Waals surface area contributed by atoms with Crippen LogP contribution in [0.2, 0.25) is 0 Å². The molecule has 0 unspecified atom stereocenters. The first-order valence-electron chi connectivity index (χ1n) is 5.26. The van der Waals surface area contributed by atoms with E-state index in [1.807, 2.05) is 6.92 Å². The molecule has 2 aromatic heterocycles. The molecule has 0 aliphatic carbocycles. The Morgan fingerprint density at radius 1 is 1.56 bits per heavy atom. The summed E-state index contributed by atoms with van der Waals surface area (Å²) < 4.78 is 6.54. The van der Waals surface area contributed by atoms with Gasteiger partial charge in [0.2, 0.25) is 10.9 Å². The molecule has 2 aromatic rings. The van der Waals surface area contributed by atoms with Gasteiger partial charge in [-0.1, -0.05) is 18.7 Å². The zero-order valence-corrected chi connectivity index (χ0v) is 10.5. The van der Waals surface area contributed by atoms with Gasteiger partial charge in [0, 0.05) is 6.42 Å². The standard InChI is InChI=1S/C10H12N4O3S/c1-2-8-12-13-10(14(8)11)18-5-6-3-4-7(17-6)9(15)16/h3-4H,2,5,11H2,1H3,(H,15,16). The minimum atomic E-state index is -1.08. The van der Waals surface area contributed by atoms with E-state index in [0.717, 1.165) is 0 Å². The fourth-order valence-corrected chi connectivity index (χ4v) is 2.12. The van der Waals surface area contributed by atoms with Crippen LogP contribution in [0.25, 0.3) is 0 Å². The molecular weight excluding hydrogens is 256 g/mol. The van der Waals surface area contributed by atoms with E-state index in [1.165, 1.54) is 22.5 Å². The van der Waals surface area contributed by atoms with Crippen LogP contribution in [0.15, 0.2) is 21.7 Å². The van der Waals surface area contributed by atoms with E-state index in [1.54, 1.807) is 6.07 Å². The molecule has 0 saturated carbocycles. The lowest BCUT2D eigenvalue weighted by atomic mass is 10.4. The number of nitrogen functional groups attached to an aromatic ring is 1. The van der Waals surface area contributed by atoms with Gasteiger partial charge in [0.25, 0.3) is 0 Å². The van der Waals surface area contributed by atoms with Crippen LogP contribution in [0.3, 0.4) is 0 Å². The second-order valence-electron chi connectivity index (χ2n) is 3.48. The van der Waals surface area contributed by atoms with E-state index in [0.29, 0.717) is 28.9 Å². The SMILES string of the molecule is CCc1nnc(SCc2ccc(C(=O)O)o2)n1N. The summed E-state index contributed by atoms with van der Waals surface area (Å²) in [5, 5.41) is 17.1. The zero-order chi connectivity index (χ0) is 13.1. The minimum Gasteiger partial charge on any atom is -0.475 e. The van der Waals surface area contributed by atoms with Crippen molar-refractivity contribution in [2.45, 2.75) is 24.3 Å². The van der Waals surface area contributed by atoms with Crippen LogP contribution in [0, 0.1) is 0 Å². The van der Waals surface area contributed by atoms with Crippen molar-refractivity contribution in [2.75, 3.05) is 5.84 Å². The third-order valence-electron chi connectivity index (χ3n) is 2.27. The average molecular weight is 268 g/mol. The third kappa shape index (κ3) is 2.48. The molecule has 2 rings (SSSR count). The van der Waals surface area contributed by atoms with Crippen LogP contribution in [-0.4, -0.2) is 25.9 Å². The summed E-state index contributed by atoms with van der Waals surface area (Å²) in [7, 11) is 0. The Labute approximate surface area is 107 Å². The Morgan fingerprint density at radius 2 is 2.33 bits per heavy atom. The maximum absolute atomic E-state index is 10.6. The van der Waals surface area contributed by atoms with Crippen LogP contribution >= 0.6 is 11.8 Å². The van der Waals surface area contributed by atoms with E-state index >= 15 is 0 Å². The van der Waals surface area contributed by atoms with Gasteiger partial charge in [-0.05, 0) is 12.1 Å². The maximum Gasteiger partial charge on any atom is 0.371 e. The van der Waals surface area contributed by atoms with Crippen LogP contribution < -0.4 is 5.84 Å². The predicted molar refractivity (Wildman–Crippen MR) is 64.8 cm³/mol. The Bertz CT molecular complexity index is 563. The van der Waals surface area contributed by atoms with Gasteiger partial charge in [0.05, 0.1) is 5.75 Å². The summed E-state index contributed by atoms with van der Waals surface area (Å²) in [4.78, 5) is 10.6. The van der Waals surface area contributed by atoms with Gasteiger partial charge >= 0.3 is 5.97 Å². The molecule has 0 saturated heterocycles. The molecule has 0 aliphatic rings. The number of aromatic nitrogens is 3. The first-order valence-corrected chi connectivity index (χ1v) is 6.24. The van der Waals surface area contributed by atoms with Crippen molar-refractivity contribution >= 4 is 17.7 Å². The van der Waals surface area contributed by atoms with Crippen LogP contribution in [-0.2, 0) is 12.2 Å². The van der Waals surface area contributed by atoms with Gasteiger partial charge in [-0.3, -0.25) is 0 Å². The summed E-state index contributed by atoms with van der Waals surface area (Å²) in [6.45, 7) is 1.94. The highest BCUT2D eigenvalue weighted by atomic mass is 32.2. The van der Waals surface area contributed by atoms with Gasteiger partial charge < -0.3 is 15.4 Å². The van der Waals surface area contributed by atoms with Crippen LogP contribution in [0.5, 0.6) is 0 Å². The molecule has 8 heteroatoms. The maximum atomic E-state index is 10.6. The molecule has 0 bridgehead atoms. The predicted octanol–water partition coefficient (Wildman–Crippen LogP) is 1.14. The number of aromatic carboxylic acids is 1. The lowest BCUT2D eigenvalue weighted by molar-refractivity contribution is 0.0661. The van der Waals surface area contributed by atoms with Gasteiger partial charge in [0.15, 0.2) is 5.82 Å². The number of carbonyl (C=O) groups is 1. The number of thioether (sulfide) groups is 1. The molecule has 0 spiro atoms. The highest BCUT2D eigenvalue weighted by molar-refractivity contribution is 7.98. The van der Waals surface area contributed by atoms with Gasteiger partial charge in [-0.25, -0.2) is 9.47 Å². The van der Waals surface area contributed by atoms with Crippen molar-refractivity contribution in [3.63, 3.8) is 0 Å². The smallest absolute Gasteiger partial charge is 0.371 e. The average Bonchev–Trinajstić information content (AvgIpc) is 2.93. The lowest BCUT2D eigenvalue weighted by Crippen LogP contribution is -2.13. The quantitative estimate of drug-likeness (QED) is 0.618. The highest BCUT2D eigenvalue weighted by Crippen LogP contribution is 2.21. The number of furan rings is 1. The molecule has 0 fully saturated rings. The Kier molecular flexibility index (Phi) is 3.56. The van der Waals surface area contributed by atoms with Crippen LogP contribution in [0.4, 0.5) is 0 Å². The number of nitrogens with zero attached hydrogens (tertiary/aromatic N) is 3. The molecule has 3 N–H and O–H groups in total. The summed E-state index contributed by atoms with van der Waals surface area (Å²) in [5.41, 5.74) is 0. The summed E-state index contributed by atoms with van der Waals surface area (Å²) in [5.74, 6) is 6.32. The molecular formula is C10H12N4O3S. The highest BCUT2D eigenvalue weighted by Gasteiger charge is 2.12. The van der Waals surface area contributed by atoms with E-state index in [-0.39, 0.29) is 5.76 Å². The van der Waals surface area contributed by atoms with E-state index in [2.05, 4.69) is 10.2 Å². The van der Waals surface area contributed by atoms with Crippen molar-refractivity contribution in [3.8, 4) is 0 Å². The topological polar surface area (TPSA) is 107 Å². The monoisotopic (exact) mass is 268 g/mol. The van der Waals surface area contributed by atoms with Crippen molar-refractivity contribution in [1.82, 2.24) is 14.9 Å². The molecule has 0 amide bonds. The van der Waals surface area contributed by atoms with E-state index in [9.17, 15) is 4.79 Å².